The summed E-state index contributed by atoms with van der Waals surface area (Å²) in [5.74, 6) is -5.80. The van der Waals surface area contributed by atoms with Crippen molar-refractivity contribution in [3.8, 4) is 0 Å². The molecule has 2 heterocycles. The maximum Gasteiger partial charge on any atom is 0.326 e. The molecule has 0 saturated carbocycles. The predicted molar refractivity (Wildman–Crippen MR) is 174 cm³/mol. The van der Waals surface area contributed by atoms with Crippen molar-refractivity contribution in [1.29, 1.82) is 0 Å². The largest absolute Gasteiger partial charge is 0.480 e. The number of benzene rings is 1. The Hall–Kier alpha value is -4.91. The molecule has 18 heteroatoms. The first kappa shape index (κ1) is 38.5. The van der Waals surface area contributed by atoms with Gasteiger partial charge in [-0.3, -0.25) is 34.0 Å². The number of anilines is 1. The fraction of sp³-hybridized carbons (Fsp3) is 0.516. The standard InChI is InChI=1S/C31H41N7O11/c1-14(15(2)40)34-29(46)21(25(43)26(44)23(42)13-39)10-20(41)8-9-22(31(48)49)38-28(45)17-4-6-18(7-5-17)32-11-19-12-33-27-24(37-19)30(47)36-16(3)35-27/h4-7,12,14,21-27,32,39,42-44H,8-11,13H2,1-3H3,(H,34,46)(H,38,45)(H,48,49)(H,35,36,47)/t14-,21-,22-,23+,24?,25+,26+,27?/m0/s1. The first-order valence-electron chi connectivity index (χ1n) is 15.4. The Kier molecular flexibility index (Phi) is 13.7. The van der Waals surface area contributed by atoms with Gasteiger partial charge in [0.2, 0.25) is 5.91 Å². The van der Waals surface area contributed by atoms with E-state index in [2.05, 4.69) is 36.2 Å². The first-order chi connectivity index (χ1) is 23.1. The number of amides is 3. The smallest absolute Gasteiger partial charge is 0.326 e. The first-order valence-corrected chi connectivity index (χ1v) is 15.4. The van der Waals surface area contributed by atoms with Crippen LogP contribution in [0.2, 0.25) is 0 Å². The minimum Gasteiger partial charge on any atom is -0.480 e. The molecular weight excluding hydrogens is 646 g/mol. The van der Waals surface area contributed by atoms with E-state index in [9.17, 15) is 49.2 Å². The normalized spacial score (nSPS) is 20.5. The van der Waals surface area contributed by atoms with E-state index in [1.807, 2.05) is 0 Å². The van der Waals surface area contributed by atoms with Gasteiger partial charge in [-0.1, -0.05) is 0 Å². The minimum atomic E-state index is -2.02. The zero-order chi connectivity index (χ0) is 36.4. The van der Waals surface area contributed by atoms with E-state index >= 15 is 0 Å². The van der Waals surface area contributed by atoms with Gasteiger partial charge in [-0.15, -0.1) is 0 Å². The van der Waals surface area contributed by atoms with Crippen LogP contribution in [0.5, 0.6) is 0 Å². The molecule has 3 amide bonds. The van der Waals surface area contributed by atoms with Crippen LogP contribution in [0.4, 0.5) is 5.69 Å². The highest BCUT2D eigenvalue weighted by atomic mass is 16.4. The number of rotatable bonds is 18. The maximum absolute atomic E-state index is 12.8. The molecule has 2 aliphatic heterocycles. The molecule has 0 spiro atoms. The molecule has 0 aliphatic carbocycles. The molecule has 0 bridgehead atoms. The van der Waals surface area contributed by atoms with Gasteiger partial charge in [0, 0.05) is 30.3 Å². The summed E-state index contributed by atoms with van der Waals surface area (Å²) in [6, 6.07) is 2.77. The lowest BCUT2D eigenvalue weighted by molar-refractivity contribution is -0.144. The van der Waals surface area contributed by atoms with E-state index < -0.39 is 97.3 Å². The second kappa shape index (κ2) is 17.5. The summed E-state index contributed by atoms with van der Waals surface area (Å²) in [6.45, 7) is 3.49. The molecule has 18 nitrogen and oxygen atoms in total. The molecule has 3 rings (SSSR count). The number of aliphatic hydroxyl groups is 4. The Morgan fingerprint density at radius 2 is 1.67 bits per heavy atom. The summed E-state index contributed by atoms with van der Waals surface area (Å²) >= 11 is 0. The van der Waals surface area contributed by atoms with Crippen LogP contribution in [-0.2, 0) is 24.0 Å². The summed E-state index contributed by atoms with van der Waals surface area (Å²) in [5, 5.41) is 59.6. The van der Waals surface area contributed by atoms with Gasteiger partial charge in [-0.05, 0) is 51.5 Å². The molecule has 0 saturated heterocycles. The third-order valence-electron chi connectivity index (χ3n) is 7.89. The number of hydrogen-bond donors (Lipinski definition) is 9. The van der Waals surface area contributed by atoms with Gasteiger partial charge in [-0.2, -0.15) is 0 Å². The van der Waals surface area contributed by atoms with Crippen molar-refractivity contribution in [2.24, 2.45) is 20.9 Å². The van der Waals surface area contributed by atoms with Crippen LogP contribution < -0.4 is 21.3 Å². The van der Waals surface area contributed by atoms with Crippen LogP contribution in [0, 0.1) is 5.92 Å². The van der Waals surface area contributed by atoms with E-state index in [0.717, 1.165) is 0 Å². The van der Waals surface area contributed by atoms with Crippen molar-refractivity contribution in [3.63, 3.8) is 0 Å². The average molecular weight is 688 g/mol. The zero-order valence-electron chi connectivity index (χ0n) is 27.1. The third-order valence-corrected chi connectivity index (χ3v) is 7.89. The quantitative estimate of drug-likeness (QED) is 0.0779. The van der Waals surface area contributed by atoms with Gasteiger partial charge in [-0.25, -0.2) is 9.79 Å². The maximum atomic E-state index is 12.8. The van der Waals surface area contributed by atoms with Gasteiger partial charge < -0.3 is 46.8 Å². The molecular formula is C31H41N7O11. The Morgan fingerprint density at radius 1 is 1.00 bits per heavy atom. The molecule has 9 N–H and O–H groups in total. The van der Waals surface area contributed by atoms with Crippen molar-refractivity contribution in [1.82, 2.24) is 16.0 Å². The molecule has 0 radical (unpaired) electrons. The number of carboxylic acids is 1. The number of hydrogen-bond acceptors (Lipinski definition) is 14. The van der Waals surface area contributed by atoms with Crippen LogP contribution in [-0.4, -0.2) is 134 Å². The fourth-order valence-electron chi connectivity index (χ4n) is 4.84. The van der Waals surface area contributed by atoms with Gasteiger partial charge in [0.25, 0.3) is 11.8 Å². The number of carbonyl (C=O) groups excluding carboxylic acids is 5. The van der Waals surface area contributed by atoms with Crippen LogP contribution >= 0.6 is 0 Å². The zero-order valence-corrected chi connectivity index (χ0v) is 27.1. The summed E-state index contributed by atoms with van der Waals surface area (Å²) in [7, 11) is 0. The van der Waals surface area contributed by atoms with E-state index in [0.29, 0.717) is 17.2 Å². The summed E-state index contributed by atoms with van der Waals surface area (Å²) in [4.78, 5) is 87.1. The summed E-state index contributed by atoms with van der Waals surface area (Å²) in [5.41, 5.74) is 1.22. The highest BCUT2D eigenvalue weighted by molar-refractivity contribution is 6.33. The van der Waals surface area contributed by atoms with E-state index in [1.54, 1.807) is 19.1 Å². The van der Waals surface area contributed by atoms with Gasteiger partial charge in [0.1, 0.15) is 29.9 Å². The molecule has 2 aliphatic rings. The number of ketones is 2. The second-order valence-electron chi connectivity index (χ2n) is 11.7. The van der Waals surface area contributed by atoms with Crippen molar-refractivity contribution < 1.29 is 54.3 Å². The summed E-state index contributed by atoms with van der Waals surface area (Å²) < 4.78 is 0. The lowest BCUT2D eigenvalue weighted by atomic mass is 9.88. The Labute approximate surface area is 280 Å². The molecule has 0 fully saturated rings. The molecule has 49 heavy (non-hydrogen) atoms. The van der Waals surface area contributed by atoms with E-state index in [4.69, 9.17) is 5.11 Å². The van der Waals surface area contributed by atoms with Crippen molar-refractivity contribution >= 4 is 58.7 Å². The monoisotopic (exact) mass is 687 g/mol. The Bertz CT molecular complexity index is 1510. The van der Waals surface area contributed by atoms with Crippen molar-refractivity contribution in [2.75, 3.05) is 18.5 Å². The number of nitrogens with zero attached hydrogens (tertiary/aromatic N) is 3. The van der Waals surface area contributed by atoms with Crippen molar-refractivity contribution in [3.05, 3.63) is 29.8 Å². The molecule has 0 aromatic heterocycles. The number of nitrogens with one attached hydrogen (secondary N) is 4. The molecule has 1 aromatic rings. The van der Waals surface area contributed by atoms with E-state index in [1.165, 1.54) is 32.2 Å². The second-order valence-corrected chi connectivity index (χ2v) is 11.7. The Balaban J connectivity index is 1.57. The number of aliphatic carboxylic acids is 1. The molecule has 1 aromatic carbocycles. The fourth-order valence-corrected chi connectivity index (χ4v) is 4.84. The minimum absolute atomic E-state index is 0.116. The number of amidine groups is 1. The number of carbonyl (C=O) groups is 6. The van der Waals surface area contributed by atoms with Gasteiger partial charge in [0.05, 0.1) is 36.9 Å². The lowest BCUT2D eigenvalue weighted by Gasteiger charge is -2.28. The number of fused-ring (bicyclic) bond motifs is 1. The lowest BCUT2D eigenvalue weighted by Crippen LogP contribution is -2.51. The topological polar surface area (TPSA) is 289 Å². The van der Waals surface area contributed by atoms with Gasteiger partial charge in [0.15, 0.2) is 18.0 Å². The average Bonchev–Trinajstić information content (AvgIpc) is 3.06. The highest BCUT2D eigenvalue weighted by Crippen LogP contribution is 2.19. The molecule has 266 valence electrons. The number of aliphatic hydroxyl groups excluding tert-OH is 4. The van der Waals surface area contributed by atoms with Gasteiger partial charge >= 0.3 is 5.97 Å². The summed E-state index contributed by atoms with van der Waals surface area (Å²) in [6.07, 6.45) is -6.50. The predicted octanol–water partition coefficient (Wildman–Crippen LogP) is -2.43. The van der Waals surface area contributed by atoms with Crippen LogP contribution in [0.3, 0.4) is 0 Å². The number of carboxylic acid groups (broad SMARTS) is 1. The van der Waals surface area contributed by atoms with E-state index in [-0.39, 0.29) is 24.4 Å². The van der Waals surface area contributed by atoms with Crippen LogP contribution in [0.1, 0.15) is 50.4 Å². The highest BCUT2D eigenvalue weighted by Gasteiger charge is 2.38. The SMILES string of the molecule is CC(=O)[C@H](C)NC(=O)[C@@H](CC(=O)CC[C@H](NC(=O)c1ccc(NCC2=NC3C(=O)NC(C)=NC3N=C2)cc1)C(=O)O)[C@@H](O)[C@H](O)[C@H](O)CO. The molecule has 2 unspecified atom stereocenters. The third kappa shape index (κ3) is 10.8. The van der Waals surface area contributed by atoms with Crippen molar-refractivity contribution in [2.45, 2.75) is 82.6 Å². The molecule has 8 atom stereocenters. The number of aliphatic imine (C=N–C) groups is 3. The Morgan fingerprint density at radius 3 is 2.29 bits per heavy atom. The van der Waals surface area contributed by atoms with Crippen LogP contribution in [0.25, 0.3) is 0 Å². The number of Topliss-reactive ketones (excluding diaryl/α,β-unsaturated/α-hetero) is 2. The van der Waals surface area contributed by atoms with Crippen LogP contribution in [0.15, 0.2) is 39.2 Å².